The average Bonchev–Trinajstić information content (AvgIpc) is 2.68. The normalized spacial score (nSPS) is 15.7. The number of benzene rings is 2. The minimum absolute atomic E-state index is 0.245. The molecule has 1 aliphatic heterocycles. The van der Waals surface area contributed by atoms with E-state index in [4.69, 9.17) is 9.47 Å². The summed E-state index contributed by atoms with van der Waals surface area (Å²) in [5.41, 5.74) is 4.18. The van der Waals surface area contributed by atoms with Crippen LogP contribution in [0.15, 0.2) is 41.4 Å². The van der Waals surface area contributed by atoms with Crippen molar-refractivity contribution in [3.63, 3.8) is 0 Å². The highest BCUT2D eigenvalue weighted by Gasteiger charge is 2.43. The van der Waals surface area contributed by atoms with Crippen molar-refractivity contribution in [3.8, 4) is 5.75 Å². The Morgan fingerprint density at radius 1 is 1.13 bits per heavy atom. The van der Waals surface area contributed by atoms with Crippen molar-refractivity contribution < 1.29 is 27.4 Å². The Labute approximate surface area is 180 Å². The number of halogens is 3. The summed E-state index contributed by atoms with van der Waals surface area (Å²) in [4.78, 5) is 6.57. The molecular weight excluding hydrogens is 409 g/mol. The van der Waals surface area contributed by atoms with E-state index in [1.54, 1.807) is 12.1 Å². The lowest BCUT2D eigenvalue weighted by Gasteiger charge is -2.42. The van der Waals surface area contributed by atoms with Gasteiger partial charge in [0.05, 0.1) is 31.8 Å². The maximum Gasteiger partial charge on any atom is 0.573 e. The Balaban J connectivity index is 1.74. The van der Waals surface area contributed by atoms with E-state index in [1.165, 1.54) is 12.1 Å². The summed E-state index contributed by atoms with van der Waals surface area (Å²) < 4.78 is 52.6. The maximum absolute atomic E-state index is 12.3. The number of nitrogens with zero attached hydrogens (tertiary/aromatic N) is 2. The van der Waals surface area contributed by atoms with E-state index in [0.29, 0.717) is 13.2 Å². The van der Waals surface area contributed by atoms with Crippen LogP contribution in [0.2, 0.25) is 0 Å². The molecule has 0 unspecified atom stereocenters. The molecule has 0 spiro atoms. The van der Waals surface area contributed by atoms with Crippen LogP contribution < -0.4 is 4.74 Å². The minimum atomic E-state index is -4.71. The molecule has 5 nitrogen and oxygen atoms in total. The molecule has 0 aromatic heterocycles. The molecule has 1 saturated heterocycles. The number of ether oxygens (including phenoxy) is 3. The third-order valence-corrected chi connectivity index (χ3v) is 5.27. The SMILES string of the molecule is CCN(C)C=Nc1cc(C)c(C2(OCc3ccc(OC(F)(F)F)cc3)COC2)cc1C. The molecule has 1 heterocycles. The molecule has 2 aromatic rings. The third-order valence-electron chi connectivity index (χ3n) is 5.27. The first kappa shape index (κ1) is 23.1. The molecule has 0 aliphatic carbocycles. The van der Waals surface area contributed by atoms with Gasteiger partial charge in [-0.1, -0.05) is 18.2 Å². The van der Waals surface area contributed by atoms with Crippen molar-refractivity contribution in [1.82, 2.24) is 4.90 Å². The lowest BCUT2D eigenvalue weighted by Crippen LogP contribution is -2.49. The van der Waals surface area contributed by atoms with Crippen molar-refractivity contribution in [2.75, 3.05) is 26.8 Å². The van der Waals surface area contributed by atoms with Crippen molar-refractivity contribution in [2.45, 2.75) is 39.3 Å². The van der Waals surface area contributed by atoms with Gasteiger partial charge in [0.15, 0.2) is 0 Å². The van der Waals surface area contributed by atoms with E-state index in [2.05, 4.69) is 22.7 Å². The highest BCUT2D eigenvalue weighted by molar-refractivity contribution is 5.64. The lowest BCUT2D eigenvalue weighted by molar-refractivity contribution is -0.274. The van der Waals surface area contributed by atoms with Crippen LogP contribution in [0.3, 0.4) is 0 Å². The van der Waals surface area contributed by atoms with E-state index in [0.717, 1.165) is 34.5 Å². The molecular formula is C23H27F3N2O3. The van der Waals surface area contributed by atoms with E-state index >= 15 is 0 Å². The van der Waals surface area contributed by atoms with Crippen LogP contribution in [0.5, 0.6) is 5.75 Å². The second-order valence-corrected chi connectivity index (χ2v) is 7.74. The van der Waals surface area contributed by atoms with E-state index in [9.17, 15) is 13.2 Å². The van der Waals surface area contributed by atoms with E-state index in [-0.39, 0.29) is 12.4 Å². The van der Waals surface area contributed by atoms with Crippen LogP contribution in [0.25, 0.3) is 0 Å². The van der Waals surface area contributed by atoms with Crippen molar-refractivity contribution in [3.05, 3.63) is 58.7 Å². The van der Waals surface area contributed by atoms with Gasteiger partial charge in [-0.2, -0.15) is 0 Å². The zero-order chi connectivity index (χ0) is 22.6. The van der Waals surface area contributed by atoms with Gasteiger partial charge in [-0.25, -0.2) is 4.99 Å². The molecule has 168 valence electrons. The second kappa shape index (κ2) is 9.28. The van der Waals surface area contributed by atoms with Gasteiger partial charge < -0.3 is 19.1 Å². The van der Waals surface area contributed by atoms with Gasteiger partial charge in [-0.3, -0.25) is 0 Å². The highest BCUT2D eigenvalue weighted by atomic mass is 19.4. The Hall–Kier alpha value is -2.58. The van der Waals surface area contributed by atoms with Crippen LogP contribution in [-0.2, 0) is 21.7 Å². The summed E-state index contributed by atoms with van der Waals surface area (Å²) in [5, 5.41) is 0. The molecule has 0 N–H and O–H groups in total. The number of alkyl halides is 3. The number of aliphatic imine (C=N–C) groups is 1. The first-order chi connectivity index (χ1) is 14.6. The first-order valence-corrected chi connectivity index (χ1v) is 10.0. The minimum Gasteiger partial charge on any atom is -0.406 e. The maximum atomic E-state index is 12.3. The van der Waals surface area contributed by atoms with Crippen LogP contribution in [-0.4, -0.2) is 44.4 Å². The van der Waals surface area contributed by atoms with Crippen LogP contribution >= 0.6 is 0 Å². The summed E-state index contributed by atoms with van der Waals surface area (Å²) in [6, 6.07) is 9.81. The Bertz CT molecular complexity index is 923. The topological polar surface area (TPSA) is 43.3 Å². The molecule has 8 heteroatoms. The number of rotatable bonds is 8. The molecule has 3 rings (SSSR count). The quantitative estimate of drug-likeness (QED) is 0.419. The van der Waals surface area contributed by atoms with Gasteiger partial charge in [0.2, 0.25) is 0 Å². The molecule has 0 atom stereocenters. The molecule has 1 aliphatic rings. The van der Waals surface area contributed by atoms with E-state index in [1.807, 2.05) is 38.2 Å². The fraction of sp³-hybridized carbons (Fsp3) is 0.435. The smallest absolute Gasteiger partial charge is 0.406 e. The molecule has 31 heavy (non-hydrogen) atoms. The summed E-state index contributed by atoms with van der Waals surface area (Å²) in [7, 11) is 1.97. The van der Waals surface area contributed by atoms with Crippen molar-refractivity contribution in [1.29, 1.82) is 0 Å². The molecule has 0 radical (unpaired) electrons. The standard InChI is InChI=1S/C23H27F3N2O3/c1-5-28(4)15-27-21-11-16(2)20(10-17(21)3)22(13-29-14-22)30-12-18-6-8-19(9-7-18)31-23(24,25)26/h6-11,15H,5,12-14H2,1-4H3. The predicted molar refractivity (Wildman–Crippen MR) is 113 cm³/mol. The zero-order valence-electron chi connectivity index (χ0n) is 18.1. The fourth-order valence-electron chi connectivity index (χ4n) is 3.29. The number of hydrogen-bond donors (Lipinski definition) is 0. The van der Waals surface area contributed by atoms with Gasteiger partial charge in [0.1, 0.15) is 11.4 Å². The van der Waals surface area contributed by atoms with Crippen molar-refractivity contribution >= 4 is 12.0 Å². The Morgan fingerprint density at radius 2 is 1.81 bits per heavy atom. The number of aryl methyl sites for hydroxylation is 2. The summed E-state index contributed by atoms with van der Waals surface area (Å²) in [6.45, 7) is 8.04. The summed E-state index contributed by atoms with van der Waals surface area (Å²) >= 11 is 0. The summed E-state index contributed by atoms with van der Waals surface area (Å²) in [5.74, 6) is -0.255. The monoisotopic (exact) mass is 436 g/mol. The van der Waals surface area contributed by atoms with Crippen LogP contribution in [0, 0.1) is 13.8 Å². The molecule has 0 bridgehead atoms. The molecule has 2 aromatic carbocycles. The Kier molecular flexibility index (Phi) is 6.91. The van der Waals surface area contributed by atoms with E-state index < -0.39 is 12.0 Å². The predicted octanol–water partition coefficient (Wildman–Crippen LogP) is 5.26. The largest absolute Gasteiger partial charge is 0.573 e. The first-order valence-electron chi connectivity index (χ1n) is 10.0. The zero-order valence-corrected chi connectivity index (χ0v) is 18.1. The van der Waals surface area contributed by atoms with Crippen molar-refractivity contribution in [2.24, 2.45) is 4.99 Å². The third kappa shape index (κ3) is 5.77. The average molecular weight is 436 g/mol. The number of hydrogen-bond acceptors (Lipinski definition) is 4. The molecule has 0 amide bonds. The Morgan fingerprint density at radius 3 is 2.35 bits per heavy atom. The van der Waals surface area contributed by atoms with Gasteiger partial charge in [0.25, 0.3) is 0 Å². The van der Waals surface area contributed by atoms with Gasteiger partial charge in [-0.15, -0.1) is 13.2 Å². The highest BCUT2D eigenvalue weighted by Crippen LogP contribution is 2.39. The van der Waals surface area contributed by atoms with Gasteiger partial charge in [-0.05, 0) is 61.2 Å². The second-order valence-electron chi connectivity index (χ2n) is 7.74. The molecule has 0 saturated carbocycles. The summed E-state index contributed by atoms with van der Waals surface area (Å²) in [6.07, 6.45) is -2.89. The molecule has 1 fully saturated rings. The van der Waals surface area contributed by atoms with Gasteiger partial charge in [0, 0.05) is 13.6 Å². The van der Waals surface area contributed by atoms with Crippen LogP contribution in [0.1, 0.15) is 29.2 Å². The lowest BCUT2D eigenvalue weighted by atomic mass is 9.86. The van der Waals surface area contributed by atoms with Crippen LogP contribution in [0.4, 0.5) is 18.9 Å². The van der Waals surface area contributed by atoms with Gasteiger partial charge >= 0.3 is 6.36 Å². The fourth-order valence-corrected chi connectivity index (χ4v) is 3.29.